The van der Waals surface area contributed by atoms with Crippen LogP contribution >= 0.6 is 0 Å². The molecular formula is C17H30N4O2. The van der Waals surface area contributed by atoms with Crippen LogP contribution in [0.5, 0.6) is 0 Å². The standard InChI is InChI=1S/C17H30N4O2/c1-11-15(12(2)21-20-11)10-18-13-7-6-8-14(9-13)19-16(22)23-17(3,4)5/h13-14,18H,6-10H2,1-5H3,(H,19,22)(H,20,21)/t13-,14+/m1/s1. The van der Waals surface area contributed by atoms with Crippen LogP contribution in [0.15, 0.2) is 0 Å². The average molecular weight is 322 g/mol. The van der Waals surface area contributed by atoms with Gasteiger partial charge in [-0.05, 0) is 60.3 Å². The molecule has 0 saturated heterocycles. The number of nitrogens with one attached hydrogen (secondary N) is 3. The van der Waals surface area contributed by atoms with Crippen LogP contribution in [0.3, 0.4) is 0 Å². The van der Waals surface area contributed by atoms with Gasteiger partial charge in [0, 0.05) is 29.9 Å². The van der Waals surface area contributed by atoms with Crippen LogP contribution in [0.1, 0.15) is 63.4 Å². The molecule has 6 nitrogen and oxygen atoms in total. The third-order valence-electron chi connectivity index (χ3n) is 4.24. The lowest BCUT2D eigenvalue weighted by molar-refractivity contribution is 0.0488. The maximum Gasteiger partial charge on any atom is 0.407 e. The van der Waals surface area contributed by atoms with E-state index in [2.05, 4.69) is 20.8 Å². The number of ether oxygens (including phenoxy) is 1. The SMILES string of the molecule is Cc1n[nH]c(C)c1CN[C@@H]1CCC[C@H](NC(=O)OC(C)(C)C)C1. The Hall–Kier alpha value is -1.56. The van der Waals surface area contributed by atoms with Crippen molar-refractivity contribution in [3.8, 4) is 0 Å². The van der Waals surface area contributed by atoms with E-state index in [9.17, 15) is 4.79 Å². The van der Waals surface area contributed by atoms with Crippen molar-refractivity contribution in [3.63, 3.8) is 0 Å². The fourth-order valence-corrected chi connectivity index (χ4v) is 3.06. The van der Waals surface area contributed by atoms with E-state index in [-0.39, 0.29) is 12.1 Å². The number of aryl methyl sites for hydroxylation is 2. The summed E-state index contributed by atoms with van der Waals surface area (Å²) in [5.74, 6) is 0. The van der Waals surface area contributed by atoms with E-state index >= 15 is 0 Å². The summed E-state index contributed by atoms with van der Waals surface area (Å²) in [6.07, 6.45) is 3.89. The monoisotopic (exact) mass is 322 g/mol. The summed E-state index contributed by atoms with van der Waals surface area (Å²) in [6.45, 7) is 10.5. The van der Waals surface area contributed by atoms with E-state index in [4.69, 9.17) is 4.74 Å². The number of aromatic amines is 1. The largest absolute Gasteiger partial charge is 0.444 e. The molecule has 0 aromatic carbocycles. The number of aromatic nitrogens is 2. The topological polar surface area (TPSA) is 79.0 Å². The van der Waals surface area contributed by atoms with Crippen molar-refractivity contribution in [3.05, 3.63) is 17.0 Å². The lowest BCUT2D eigenvalue weighted by Gasteiger charge is -2.31. The minimum Gasteiger partial charge on any atom is -0.444 e. The summed E-state index contributed by atoms with van der Waals surface area (Å²) in [4.78, 5) is 11.9. The van der Waals surface area contributed by atoms with Crippen molar-refractivity contribution in [1.29, 1.82) is 0 Å². The third kappa shape index (κ3) is 5.53. The second-order valence-electron chi connectivity index (χ2n) is 7.50. The van der Waals surface area contributed by atoms with Crippen molar-refractivity contribution >= 4 is 6.09 Å². The second kappa shape index (κ2) is 7.34. The zero-order valence-electron chi connectivity index (χ0n) is 15.0. The lowest BCUT2D eigenvalue weighted by atomic mass is 9.91. The summed E-state index contributed by atoms with van der Waals surface area (Å²) in [5, 5.41) is 13.9. The van der Waals surface area contributed by atoms with Crippen LogP contribution in [0, 0.1) is 13.8 Å². The Morgan fingerprint density at radius 3 is 2.61 bits per heavy atom. The molecule has 6 heteroatoms. The quantitative estimate of drug-likeness (QED) is 0.796. The maximum absolute atomic E-state index is 11.9. The first kappa shape index (κ1) is 17.8. The lowest BCUT2D eigenvalue weighted by Crippen LogP contribution is -2.45. The van der Waals surface area contributed by atoms with Crippen molar-refractivity contribution in [2.75, 3.05) is 0 Å². The van der Waals surface area contributed by atoms with Crippen molar-refractivity contribution in [2.45, 2.75) is 84.5 Å². The smallest absolute Gasteiger partial charge is 0.407 e. The molecule has 1 fully saturated rings. The maximum atomic E-state index is 11.9. The molecule has 0 radical (unpaired) electrons. The van der Waals surface area contributed by atoms with Crippen molar-refractivity contribution in [2.24, 2.45) is 0 Å². The molecule has 1 aromatic heterocycles. The molecular weight excluding hydrogens is 292 g/mol. The van der Waals surface area contributed by atoms with Gasteiger partial charge in [0.05, 0.1) is 5.69 Å². The highest BCUT2D eigenvalue weighted by molar-refractivity contribution is 5.68. The number of carbonyl (C=O) groups excluding carboxylic acids is 1. The van der Waals surface area contributed by atoms with Crippen LogP contribution < -0.4 is 10.6 Å². The minimum absolute atomic E-state index is 0.183. The van der Waals surface area contributed by atoms with Crippen LogP contribution in [-0.2, 0) is 11.3 Å². The zero-order valence-corrected chi connectivity index (χ0v) is 15.0. The molecule has 2 atom stereocenters. The summed E-state index contributed by atoms with van der Waals surface area (Å²) in [5.41, 5.74) is 2.96. The fraction of sp³-hybridized carbons (Fsp3) is 0.765. The van der Waals surface area contributed by atoms with Gasteiger partial charge in [0.25, 0.3) is 0 Å². The first-order valence-corrected chi connectivity index (χ1v) is 8.48. The predicted molar refractivity (Wildman–Crippen MR) is 90.3 cm³/mol. The number of amides is 1. The second-order valence-corrected chi connectivity index (χ2v) is 7.50. The molecule has 1 amide bonds. The predicted octanol–water partition coefficient (Wildman–Crippen LogP) is 2.95. The summed E-state index contributed by atoms with van der Waals surface area (Å²) in [7, 11) is 0. The minimum atomic E-state index is -0.452. The molecule has 0 bridgehead atoms. The number of H-pyrrole nitrogens is 1. The van der Waals surface area contributed by atoms with Gasteiger partial charge in [0.1, 0.15) is 5.60 Å². The summed E-state index contributed by atoms with van der Waals surface area (Å²) in [6, 6.07) is 0.597. The van der Waals surface area contributed by atoms with Gasteiger partial charge < -0.3 is 15.4 Å². The van der Waals surface area contributed by atoms with E-state index in [1.165, 1.54) is 5.56 Å². The van der Waals surface area contributed by atoms with E-state index < -0.39 is 5.60 Å². The van der Waals surface area contributed by atoms with Crippen LogP contribution in [0.4, 0.5) is 4.79 Å². The molecule has 23 heavy (non-hydrogen) atoms. The molecule has 3 N–H and O–H groups in total. The molecule has 2 rings (SSSR count). The molecule has 1 saturated carbocycles. The van der Waals surface area contributed by atoms with Gasteiger partial charge >= 0.3 is 6.09 Å². The van der Waals surface area contributed by atoms with Gasteiger partial charge in [0.15, 0.2) is 0 Å². The molecule has 0 spiro atoms. The Bertz CT molecular complexity index is 514. The number of hydrogen-bond donors (Lipinski definition) is 3. The van der Waals surface area contributed by atoms with E-state index in [1.54, 1.807) is 0 Å². The molecule has 1 aliphatic rings. The van der Waals surface area contributed by atoms with Gasteiger partial charge in [-0.2, -0.15) is 5.10 Å². The number of nitrogens with zero attached hydrogens (tertiary/aromatic N) is 1. The van der Waals surface area contributed by atoms with E-state index in [0.717, 1.165) is 43.6 Å². The Balaban J connectivity index is 1.80. The number of carbonyl (C=O) groups is 1. The van der Waals surface area contributed by atoms with Gasteiger partial charge in [-0.15, -0.1) is 0 Å². The molecule has 0 aliphatic heterocycles. The van der Waals surface area contributed by atoms with Gasteiger partial charge in [-0.3, -0.25) is 5.10 Å². The van der Waals surface area contributed by atoms with Crippen LogP contribution in [0.2, 0.25) is 0 Å². The third-order valence-corrected chi connectivity index (χ3v) is 4.24. The summed E-state index contributed by atoms with van der Waals surface area (Å²) < 4.78 is 5.34. The van der Waals surface area contributed by atoms with E-state index in [1.807, 2.05) is 34.6 Å². The highest BCUT2D eigenvalue weighted by atomic mass is 16.6. The normalized spacial score (nSPS) is 22.0. The first-order chi connectivity index (χ1) is 10.7. The first-order valence-electron chi connectivity index (χ1n) is 8.48. The number of alkyl carbamates (subject to hydrolysis) is 1. The molecule has 0 unspecified atom stereocenters. The Kier molecular flexibility index (Phi) is 5.68. The fourth-order valence-electron chi connectivity index (χ4n) is 3.06. The Morgan fingerprint density at radius 1 is 1.30 bits per heavy atom. The molecule has 1 aromatic rings. The Labute approximate surface area is 138 Å². The number of hydrogen-bond acceptors (Lipinski definition) is 4. The van der Waals surface area contributed by atoms with Crippen molar-refractivity contribution in [1.82, 2.24) is 20.8 Å². The van der Waals surface area contributed by atoms with Crippen molar-refractivity contribution < 1.29 is 9.53 Å². The zero-order chi connectivity index (χ0) is 17.0. The summed E-state index contributed by atoms with van der Waals surface area (Å²) >= 11 is 0. The average Bonchev–Trinajstić information content (AvgIpc) is 2.74. The molecule has 1 aliphatic carbocycles. The highest BCUT2D eigenvalue weighted by Crippen LogP contribution is 2.20. The molecule has 130 valence electrons. The van der Waals surface area contributed by atoms with Gasteiger partial charge in [0.2, 0.25) is 0 Å². The van der Waals surface area contributed by atoms with Crippen LogP contribution in [0.25, 0.3) is 0 Å². The van der Waals surface area contributed by atoms with Gasteiger partial charge in [-0.25, -0.2) is 4.79 Å². The molecule has 1 heterocycles. The van der Waals surface area contributed by atoms with Gasteiger partial charge in [-0.1, -0.05) is 0 Å². The highest BCUT2D eigenvalue weighted by Gasteiger charge is 2.25. The number of rotatable bonds is 4. The van der Waals surface area contributed by atoms with E-state index in [0.29, 0.717) is 6.04 Å². The van der Waals surface area contributed by atoms with Crippen LogP contribution in [-0.4, -0.2) is 34.0 Å². The Morgan fingerprint density at radius 2 is 2.00 bits per heavy atom.